The molecule has 0 fully saturated rings. The lowest BCUT2D eigenvalue weighted by atomic mass is 10.1. The van der Waals surface area contributed by atoms with E-state index in [0.717, 1.165) is 22.8 Å². The number of carbonyl (C=O) groups is 3. The molecule has 0 saturated carbocycles. The lowest BCUT2D eigenvalue weighted by Crippen LogP contribution is -2.28. The summed E-state index contributed by atoms with van der Waals surface area (Å²) in [5.41, 5.74) is 1.44. The van der Waals surface area contributed by atoms with Gasteiger partial charge in [-0.25, -0.2) is 13.1 Å². The first-order valence-electron chi connectivity index (χ1n) is 11.7. The Kier molecular flexibility index (Phi) is 10.5. The van der Waals surface area contributed by atoms with E-state index in [-0.39, 0.29) is 36.1 Å². The Hall–Kier alpha value is -3.67. The van der Waals surface area contributed by atoms with E-state index in [1.807, 2.05) is 37.2 Å². The SMILES string of the molecule is CN(C)c1cccc2c(S(=O)(=O)NCCC(=O)OCCN(C=O)/C=C/SC(=O)c3ccccc3)cccc12. The van der Waals surface area contributed by atoms with Crippen LogP contribution in [0, 0.1) is 0 Å². The van der Waals surface area contributed by atoms with Crippen molar-refractivity contribution in [3.63, 3.8) is 0 Å². The van der Waals surface area contributed by atoms with Crippen LogP contribution in [-0.4, -0.2) is 64.6 Å². The molecule has 11 heteroatoms. The van der Waals surface area contributed by atoms with Crippen molar-refractivity contribution < 1.29 is 27.5 Å². The normalized spacial score (nSPS) is 11.4. The maximum Gasteiger partial charge on any atom is 0.307 e. The number of hydrogen-bond donors (Lipinski definition) is 1. The number of nitrogens with one attached hydrogen (secondary N) is 1. The zero-order valence-electron chi connectivity index (χ0n) is 21.1. The molecule has 200 valence electrons. The number of esters is 1. The van der Waals surface area contributed by atoms with E-state index in [1.165, 1.54) is 22.6 Å². The van der Waals surface area contributed by atoms with Crippen LogP contribution in [0.5, 0.6) is 0 Å². The average molecular weight is 556 g/mol. The van der Waals surface area contributed by atoms with E-state index in [1.54, 1.807) is 42.5 Å². The number of fused-ring (bicyclic) bond motifs is 1. The summed E-state index contributed by atoms with van der Waals surface area (Å²) < 4.78 is 33.4. The van der Waals surface area contributed by atoms with E-state index in [0.29, 0.717) is 17.4 Å². The van der Waals surface area contributed by atoms with Gasteiger partial charge in [0.2, 0.25) is 21.5 Å². The number of carbonyl (C=O) groups excluding carboxylic acids is 3. The van der Waals surface area contributed by atoms with Gasteiger partial charge < -0.3 is 14.5 Å². The molecule has 0 radical (unpaired) electrons. The van der Waals surface area contributed by atoms with Gasteiger partial charge in [-0.15, -0.1) is 0 Å². The molecule has 0 aliphatic carbocycles. The number of anilines is 1. The Morgan fingerprint density at radius 1 is 0.974 bits per heavy atom. The molecule has 3 aromatic carbocycles. The highest BCUT2D eigenvalue weighted by Crippen LogP contribution is 2.30. The topological polar surface area (TPSA) is 113 Å². The third-order valence-electron chi connectivity index (χ3n) is 5.44. The van der Waals surface area contributed by atoms with Crippen molar-refractivity contribution >= 4 is 55.7 Å². The maximum atomic E-state index is 12.9. The Morgan fingerprint density at radius 2 is 1.68 bits per heavy atom. The predicted octanol–water partition coefficient (Wildman–Crippen LogP) is 3.62. The first kappa shape index (κ1) is 28.9. The summed E-state index contributed by atoms with van der Waals surface area (Å²) in [6, 6.07) is 19.3. The molecule has 3 aromatic rings. The second kappa shape index (κ2) is 13.8. The van der Waals surface area contributed by atoms with Gasteiger partial charge in [-0.05, 0) is 17.5 Å². The van der Waals surface area contributed by atoms with Crippen molar-refractivity contribution in [2.45, 2.75) is 11.3 Å². The standard InChI is InChI=1S/C27H29N3O6S2/c1-29(2)24-12-6-11-23-22(24)10-7-13-25(23)38(34,35)28-15-14-26(32)36-18-16-30(20-31)17-19-37-27(33)21-8-4-3-5-9-21/h3-13,17,19-20,28H,14-16,18H2,1-2H3/b19-17+. The van der Waals surface area contributed by atoms with Crippen LogP contribution in [0.4, 0.5) is 5.69 Å². The number of hydrogen-bond acceptors (Lipinski definition) is 8. The van der Waals surface area contributed by atoms with Gasteiger partial charge >= 0.3 is 5.97 Å². The van der Waals surface area contributed by atoms with E-state index in [4.69, 9.17) is 4.74 Å². The van der Waals surface area contributed by atoms with E-state index >= 15 is 0 Å². The van der Waals surface area contributed by atoms with Gasteiger partial charge in [0, 0.05) is 48.9 Å². The van der Waals surface area contributed by atoms with Crippen molar-refractivity contribution in [3.05, 3.63) is 83.9 Å². The van der Waals surface area contributed by atoms with Crippen molar-refractivity contribution in [2.24, 2.45) is 0 Å². The third-order valence-corrected chi connectivity index (χ3v) is 7.66. The highest BCUT2D eigenvalue weighted by molar-refractivity contribution is 8.16. The summed E-state index contributed by atoms with van der Waals surface area (Å²) in [4.78, 5) is 38.7. The number of ether oxygens (including phenoxy) is 1. The third kappa shape index (κ3) is 7.91. The van der Waals surface area contributed by atoms with Crippen LogP contribution < -0.4 is 9.62 Å². The maximum absolute atomic E-state index is 12.9. The molecule has 1 amide bonds. The molecule has 0 saturated heterocycles. The van der Waals surface area contributed by atoms with Crippen LogP contribution in [0.2, 0.25) is 0 Å². The van der Waals surface area contributed by atoms with Crippen LogP contribution in [0.3, 0.4) is 0 Å². The molecular formula is C27H29N3O6S2. The lowest BCUT2D eigenvalue weighted by molar-refractivity contribution is -0.144. The van der Waals surface area contributed by atoms with Crippen LogP contribution in [0.1, 0.15) is 16.8 Å². The number of thioether (sulfide) groups is 1. The molecule has 0 aliphatic heterocycles. The largest absolute Gasteiger partial charge is 0.464 e. The summed E-state index contributed by atoms with van der Waals surface area (Å²) in [5.74, 6) is -0.607. The minimum Gasteiger partial charge on any atom is -0.464 e. The van der Waals surface area contributed by atoms with Crippen LogP contribution in [0.15, 0.2) is 83.2 Å². The van der Waals surface area contributed by atoms with Gasteiger partial charge in [0.25, 0.3) is 0 Å². The van der Waals surface area contributed by atoms with Crippen molar-refractivity contribution in [2.75, 3.05) is 38.7 Å². The number of amides is 1. The molecule has 0 aromatic heterocycles. The Labute approximate surface area is 226 Å². The summed E-state index contributed by atoms with van der Waals surface area (Å²) >= 11 is 0.932. The molecular weight excluding hydrogens is 526 g/mol. The Balaban J connectivity index is 1.45. The number of nitrogens with zero attached hydrogens (tertiary/aromatic N) is 2. The lowest BCUT2D eigenvalue weighted by Gasteiger charge is -2.17. The fraction of sp³-hybridized carbons (Fsp3) is 0.222. The molecule has 9 nitrogen and oxygen atoms in total. The quantitative estimate of drug-likeness (QED) is 0.251. The molecule has 38 heavy (non-hydrogen) atoms. The van der Waals surface area contributed by atoms with Gasteiger partial charge in [0.15, 0.2) is 0 Å². The first-order valence-corrected chi connectivity index (χ1v) is 14.1. The first-order chi connectivity index (χ1) is 18.2. The molecule has 0 bridgehead atoms. The second-order valence-corrected chi connectivity index (χ2v) is 10.9. The van der Waals surface area contributed by atoms with Crippen LogP contribution in [0.25, 0.3) is 10.8 Å². The van der Waals surface area contributed by atoms with Crippen LogP contribution in [-0.2, 0) is 24.3 Å². The monoisotopic (exact) mass is 555 g/mol. The minimum atomic E-state index is -3.87. The summed E-state index contributed by atoms with van der Waals surface area (Å²) in [5, 5.41) is 2.70. The van der Waals surface area contributed by atoms with Gasteiger partial charge in [0.1, 0.15) is 6.61 Å². The van der Waals surface area contributed by atoms with E-state index < -0.39 is 16.0 Å². The molecule has 0 atom stereocenters. The van der Waals surface area contributed by atoms with E-state index in [9.17, 15) is 22.8 Å². The smallest absolute Gasteiger partial charge is 0.307 e. The van der Waals surface area contributed by atoms with Crippen LogP contribution >= 0.6 is 11.8 Å². The van der Waals surface area contributed by atoms with Gasteiger partial charge in [0.05, 0.1) is 17.9 Å². The summed E-state index contributed by atoms with van der Waals surface area (Å²) in [7, 11) is -0.0997. The highest BCUT2D eigenvalue weighted by atomic mass is 32.2. The minimum absolute atomic E-state index is 0.0808. The fourth-order valence-corrected chi connectivity index (χ4v) is 5.43. The molecule has 1 N–H and O–H groups in total. The molecule has 0 unspecified atom stereocenters. The molecule has 0 spiro atoms. The highest BCUT2D eigenvalue weighted by Gasteiger charge is 2.19. The van der Waals surface area contributed by atoms with Crippen molar-refractivity contribution in [1.29, 1.82) is 0 Å². The summed E-state index contributed by atoms with van der Waals surface area (Å²) in [6.07, 6.45) is 1.80. The van der Waals surface area contributed by atoms with E-state index in [2.05, 4.69) is 4.72 Å². The van der Waals surface area contributed by atoms with Gasteiger partial charge in [-0.3, -0.25) is 14.4 Å². The number of sulfonamides is 1. The predicted molar refractivity (Wildman–Crippen MR) is 149 cm³/mol. The molecule has 0 aliphatic rings. The number of rotatable bonds is 13. The second-order valence-electron chi connectivity index (χ2n) is 8.29. The Bertz CT molecular complexity index is 1410. The van der Waals surface area contributed by atoms with Crippen molar-refractivity contribution in [3.8, 4) is 0 Å². The van der Waals surface area contributed by atoms with Gasteiger partial charge in [-0.2, -0.15) is 0 Å². The molecule has 3 rings (SSSR count). The fourth-order valence-electron chi connectivity index (χ4n) is 3.57. The zero-order valence-corrected chi connectivity index (χ0v) is 22.7. The van der Waals surface area contributed by atoms with Gasteiger partial charge in [-0.1, -0.05) is 66.4 Å². The molecule has 0 heterocycles. The summed E-state index contributed by atoms with van der Waals surface area (Å²) in [6.45, 7) is -0.134. The average Bonchev–Trinajstić information content (AvgIpc) is 2.91. The Morgan fingerprint density at radius 3 is 2.39 bits per heavy atom. The van der Waals surface area contributed by atoms with Crippen molar-refractivity contribution in [1.82, 2.24) is 9.62 Å². The zero-order chi connectivity index (χ0) is 27.5. The number of benzene rings is 3.